The van der Waals surface area contributed by atoms with E-state index in [1.807, 2.05) is 31.2 Å². The smallest absolute Gasteiger partial charge is 0.328 e. The molecule has 2 heterocycles. The van der Waals surface area contributed by atoms with Crippen LogP contribution in [0.1, 0.15) is 16.1 Å². The highest BCUT2D eigenvalue weighted by molar-refractivity contribution is 7.13. The Morgan fingerprint density at radius 2 is 2.17 bits per heavy atom. The first-order chi connectivity index (χ1) is 11.1. The normalized spacial score (nSPS) is 18.0. The molecule has 0 saturated carbocycles. The molecule has 0 radical (unpaired) electrons. The first kappa shape index (κ1) is 15.6. The van der Waals surface area contributed by atoms with E-state index in [0.717, 1.165) is 16.1 Å². The fourth-order valence-electron chi connectivity index (χ4n) is 2.51. The number of carboxylic acid groups (broad SMARTS) is 1. The van der Waals surface area contributed by atoms with Crippen LogP contribution in [-0.4, -0.2) is 52.7 Å². The molecular weight excluding hydrogens is 316 g/mol. The SMILES string of the molecule is Cc1ccccc1-c1nc(C(=O)N2CCOC[C@H]2C(=O)O)cs1. The number of benzene rings is 1. The predicted octanol–water partition coefficient (Wildman–Crippen LogP) is 2.04. The quantitative estimate of drug-likeness (QED) is 0.930. The highest BCUT2D eigenvalue weighted by Crippen LogP contribution is 2.27. The third-order valence-electron chi connectivity index (χ3n) is 3.77. The number of morpholine rings is 1. The van der Waals surface area contributed by atoms with E-state index in [2.05, 4.69) is 4.98 Å². The van der Waals surface area contributed by atoms with Gasteiger partial charge in [-0.3, -0.25) is 4.79 Å². The van der Waals surface area contributed by atoms with Crippen LogP contribution in [0.4, 0.5) is 0 Å². The zero-order valence-corrected chi connectivity index (χ0v) is 13.4. The van der Waals surface area contributed by atoms with E-state index < -0.39 is 12.0 Å². The Morgan fingerprint density at radius 3 is 2.91 bits per heavy atom. The van der Waals surface area contributed by atoms with Crippen molar-refractivity contribution in [3.8, 4) is 10.6 Å². The molecular formula is C16H16N2O4S. The Morgan fingerprint density at radius 1 is 1.39 bits per heavy atom. The molecule has 23 heavy (non-hydrogen) atoms. The molecule has 1 saturated heterocycles. The number of ether oxygens (including phenoxy) is 1. The summed E-state index contributed by atoms with van der Waals surface area (Å²) >= 11 is 1.38. The number of carbonyl (C=O) groups excluding carboxylic acids is 1. The van der Waals surface area contributed by atoms with Crippen molar-refractivity contribution in [2.45, 2.75) is 13.0 Å². The van der Waals surface area contributed by atoms with Crippen LogP contribution >= 0.6 is 11.3 Å². The number of carboxylic acids is 1. The molecule has 3 rings (SSSR count). The molecule has 120 valence electrons. The summed E-state index contributed by atoms with van der Waals surface area (Å²) in [6, 6.07) is 6.86. The third kappa shape index (κ3) is 3.11. The van der Waals surface area contributed by atoms with E-state index >= 15 is 0 Å². The fraction of sp³-hybridized carbons (Fsp3) is 0.312. The molecule has 0 bridgehead atoms. The molecule has 6 nitrogen and oxygen atoms in total. The molecule has 1 amide bonds. The summed E-state index contributed by atoms with van der Waals surface area (Å²) in [5.41, 5.74) is 2.34. The Balaban J connectivity index is 1.86. The van der Waals surface area contributed by atoms with Gasteiger partial charge in [-0.15, -0.1) is 11.3 Å². The van der Waals surface area contributed by atoms with Crippen LogP contribution in [0.5, 0.6) is 0 Å². The molecule has 1 aliphatic rings. The van der Waals surface area contributed by atoms with E-state index in [1.165, 1.54) is 16.2 Å². The lowest BCUT2D eigenvalue weighted by Gasteiger charge is -2.32. The minimum absolute atomic E-state index is 0.00978. The predicted molar refractivity (Wildman–Crippen MR) is 85.6 cm³/mol. The largest absolute Gasteiger partial charge is 0.480 e. The van der Waals surface area contributed by atoms with E-state index in [4.69, 9.17) is 4.74 Å². The van der Waals surface area contributed by atoms with Crippen molar-refractivity contribution >= 4 is 23.2 Å². The van der Waals surface area contributed by atoms with Crippen molar-refractivity contribution in [3.05, 3.63) is 40.9 Å². The standard InChI is InChI=1S/C16H16N2O4S/c1-10-4-2-3-5-11(10)14-17-12(9-23-14)15(19)18-6-7-22-8-13(18)16(20)21/h2-5,9,13H,6-8H2,1H3,(H,20,21)/t13-/m0/s1. The lowest BCUT2D eigenvalue weighted by Crippen LogP contribution is -2.52. The summed E-state index contributed by atoms with van der Waals surface area (Å²) in [4.78, 5) is 29.6. The maximum atomic E-state index is 12.6. The van der Waals surface area contributed by atoms with Crippen LogP contribution in [0.3, 0.4) is 0 Å². The highest BCUT2D eigenvalue weighted by atomic mass is 32.1. The second-order valence-electron chi connectivity index (χ2n) is 5.28. The van der Waals surface area contributed by atoms with E-state index in [0.29, 0.717) is 6.61 Å². The van der Waals surface area contributed by atoms with Gasteiger partial charge in [-0.05, 0) is 12.5 Å². The highest BCUT2D eigenvalue weighted by Gasteiger charge is 2.34. The lowest BCUT2D eigenvalue weighted by molar-refractivity contribution is -0.147. The number of aryl methyl sites for hydroxylation is 1. The maximum Gasteiger partial charge on any atom is 0.328 e. The summed E-state index contributed by atoms with van der Waals surface area (Å²) in [5.74, 6) is -1.43. The van der Waals surface area contributed by atoms with Crippen molar-refractivity contribution in [2.24, 2.45) is 0 Å². The average molecular weight is 332 g/mol. The number of amides is 1. The van der Waals surface area contributed by atoms with Crippen molar-refractivity contribution < 1.29 is 19.4 Å². The van der Waals surface area contributed by atoms with E-state index in [1.54, 1.807) is 5.38 Å². The van der Waals surface area contributed by atoms with Gasteiger partial charge in [0.05, 0.1) is 13.2 Å². The first-order valence-corrected chi connectivity index (χ1v) is 8.09. The number of rotatable bonds is 3. The number of aliphatic carboxylic acids is 1. The fourth-order valence-corrected chi connectivity index (χ4v) is 3.39. The monoisotopic (exact) mass is 332 g/mol. The zero-order valence-electron chi connectivity index (χ0n) is 12.6. The summed E-state index contributed by atoms with van der Waals surface area (Å²) in [5, 5.41) is 11.7. The molecule has 2 aromatic rings. The van der Waals surface area contributed by atoms with Crippen molar-refractivity contribution in [1.82, 2.24) is 9.88 Å². The van der Waals surface area contributed by atoms with Gasteiger partial charge in [0.25, 0.3) is 5.91 Å². The number of hydrogen-bond acceptors (Lipinski definition) is 5. The Labute approximate surface area is 137 Å². The van der Waals surface area contributed by atoms with Gasteiger partial charge in [-0.1, -0.05) is 24.3 Å². The van der Waals surface area contributed by atoms with Crippen molar-refractivity contribution in [2.75, 3.05) is 19.8 Å². The van der Waals surface area contributed by atoms with E-state index in [9.17, 15) is 14.7 Å². The summed E-state index contributed by atoms with van der Waals surface area (Å²) in [6.45, 7) is 2.59. The van der Waals surface area contributed by atoms with Gasteiger partial charge in [0.2, 0.25) is 0 Å². The van der Waals surface area contributed by atoms with Crippen molar-refractivity contribution in [1.29, 1.82) is 0 Å². The van der Waals surface area contributed by atoms with E-state index in [-0.39, 0.29) is 24.8 Å². The molecule has 1 aromatic heterocycles. The number of nitrogens with zero attached hydrogens (tertiary/aromatic N) is 2. The summed E-state index contributed by atoms with van der Waals surface area (Å²) in [6.07, 6.45) is 0. The second kappa shape index (κ2) is 6.47. The van der Waals surface area contributed by atoms with Gasteiger partial charge in [0, 0.05) is 17.5 Å². The van der Waals surface area contributed by atoms with Crippen LogP contribution in [0, 0.1) is 6.92 Å². The second-order valence-corrected chi connectivity index (χ2v) is 6.14. The van der Waals surface area contributed by atoms with Gasteiger partial charge >= 0.3 is 5.97 Å². The van der Waals surface area contributed by atoms with Gasteiger partial charge in [-0.25, -0.2) is 9.78 Å². The molecule has 1 aromatic carbocycles. The molecule has 1 atom stereocenters. The molecule has 0 spiro atoms. The summed E-state index contributed by atoms with van der Waals surface area (Å²) < 4.78 is 5.16. The van der Waals surface area contributed by atoms with Crippen LogP contribution in [0.2, 0.25) is 0 Å². The number of aromatic nitrogens is 1. The van der Waals surface area contributed by atoms with Gasteiger partial charge in [-0.2, -0.15) is 0 Å². The zero-order chi connectivity index (χ0) is 16.4. The van der Waals surface area contributed by atoms with Crippen LogP contribution in [-0.2, 0) is 9.53 Å². The Bertz CT molecular complexity index is 743. The summed E-state index contributed by atoms with van der Waals surface area (Å²) in [7, 11) is 0. The minimum Gasteiger partial charge on any atom is -0.480 e. The van der Waals surface area contributed by atoms with Crippen molar-refractivity contribution in [3.63, 3.8) is 0 Å². The molecule has 1 N–H and O–H groups in total. The maximum absolute atomic E-state index is 12.6. The van der Waals surface area contributed by atoms with Crippen LogP contribution in [0.25, 0.3) is 10.6 Å². The van der Waals surface area contributed by atoms with Crippen LogP contribution in [0.15, 0.2) is 29.6 Å². The minimum atomic E-state index is -1.06. The third-order valence-corrected chi connectivity index (χ3v) is 4.65. The Kier molecular flexibility index (Phi) is 4.40. The molecule has 7 heteroatoms. The van der Waals surface area contributed by atoms with Crippen LogP contribution < -0.4 is 0 Å². The van der Waals surface area contributed by atoms with Gasteiger partial charge < -0.3 is 14.7 Å². The number of thiazole rings is 1. The molecule has 1 fully saturated rings. The average Bonchev–Trinajstić information content (AvgIpc) is 3.04. The molecule has 1 aliphatic heterocycles. The lowest BCUT2D eigenvalue weighted by atomic mass is 10.1. The topological polar surface area (TPSA) is 79.7 Å². The van der Waals surface area contributed by atoms with Gasteiger partial charge in [0.15, 0.2) is 6.04 Å². The number of carbonyl (C=O) groups is 2. The Hall–Kier alpha value is -2.25. The number of hydrogen-bond donors (Lipinski definition) is 1. The molecule has 0 unspecified atom stereocenters. The molecule has 0 aliphatic carbocycles. The first-order valence-electron chi connectivity index (χ1n) is 7.21. The van der Waals surface area contributed by atoms with Gasteiger partial charge in [0.1, 0.15) is 10.7 Å².